The van der Waals surface area contributed by atoms with E-state index in [2.05, 4.69) is 19.7 Å². The molecule has 1 saturated heterocycles. The van der Waals surface area contributed by atoms with Gasteiger partial charge in [0.2, 0.25) is 0 Å². The van der Waals surface area contributed by atoms with E-state index in [1.807, 2.05) is 19.9 Å². The molecule has 0 unspecified atom stereocenters. The summed E-state index contributed by atoms with van der Waals surface area (Å²) in [6, 6.07) is 0. The van der Waals surface area contributed by atoms with Crippen LogP contribution >= 0.6 is 0 Å². The molecule has 4 nitrogen and oxygen atoms in total. The van der Waals surface area contributed by atoms with Crippen LogP contribution < -0.4 is 0 Å². The highest BCUT2D eigenvalue weighted by atomic mass is 16.6. The number of carbonyl (C=O) groups is 2. The summed E-state index contributed by atoms with van der Waals surface area (Å²) in [7, 11) is 0. The molecule has 1 heterocycles. The third-order valence-electron chi connectivity index (χ3n) is 4.66. The minimum Gasteiger partial charge on any atom is -0.462 e. The average Bonchev–Trinajstić information content (AvgIpc) is 2.64. The van der Waals surface area contributed by atoms with E-state index in [1.54, 1.807) is 0 Å². The maximum absolute atomic E-state index is 11.9. The van der Waals surface area contributed by atoms with Crippen LogP contribution in [0.4, 0.5) is 0 Å². The second-order valence-electron chi connectivity index (χ2n) is 6.31. The van der Waals surface area contributed by atoms with E-state index in [-0.39, 0.29) is 23.2 Å². The fraction of sp³-hybridized carbons (Fsp3) is 0.529. The number of fused-ring (bicyclic) bond motifs is 1. The second kappa shape index (κ2) is 5.17. The normalized spacial score (nSPS) is 38.4. The van der Waals surface area contributed by atoms with Crippen LogP contribution in [0.25, 0.3) is 0 Å². The van der Waals surface area contributed by atoms with Gasteiger partial charge in [0.1, 0.15) is 12.2 Å². The molecule has 2 aliphatic rings. The lowest BCUT2D eigenvalue weighted by Crippen LogP contribution is -2.51. The predicted molar refractivity (Wildman–Crippen MR) is 79.3 cm³/mol. The zero-order chi connectivity index (χ0) is 15.9. The van der Waals surface area contributed by atoms with Crippen molar-refractivity contribution in [1.82, 2.24) is 0 Å². The molecule has 5 atom stereocenters. The van der Waals surface area contributed by atoms with Gasteiger partial charge in [-0.1, -0.05) is 31.7 Å². The molecule has 0 radical (unpaired) electrons. The largest absolute Gasteiger partial charge is 0.462 e. The van der Waals surface area contributed by atoms with Gasteiger partial charge in [-0.15, -0.1) is 6.58 Å². The molecule has 2 rings (SSSR count). The van der Waals surface area contributed by atoms with Crippen molar-refractivity contribution >= 4 is 11.9 Å². The Morgan fingerprint density at radius 2 is 2.10 bits per heavy atom. The topological polar surface area (TPSA) is 52.6 Å². The third-order valence-corrected chi connectivity index (χ3v) is 4.66. The lowest BCUT2D eigenvalue weighted by atomic mass is 9.59. The van der Waals surface area contributed by atoms with Crippen LogP contribution in [0.15, 0.2) is 37.0 Å². The number of carbonyl (C=O) groups excluding carboxylic acids is 2. The monoisotopic (exact) mass is 290 g/mol. The summed E-state index contributed by atoms with van der Waals surface area (Å²) in [5.41, 5.74) is 0.956. The summed E-state index contributed by atoms with van der Waals surface area (Å²) in [6.45, 7) is 17.1. The van der Waals surface area contributed by atoms with Crippen molar-refractivity contribution in [2.24, 2.45) is 17.3 Å². The minimum atomic E-state index is -0.426. The molecule has 0 aromatic heterocycles. The SMILES string of the molecule is C=C[C@]1(C)C[C@H](OC(C)=O)[C@H]2C(=C)C(=O)O[C@@H]2[C@H]1C(=C)C. The molecular weight excluding hydrogens is 268 g/mol. The van der Waals surface area contributed by atoms with Crippen LogP contribution in [0, 0.1) is 17.3 Å². The van der Waals surface area contributed by atoms with Crippen molar-refractivity contribution in [1.29, 1.82) is 0 Å². The fourth-order valence-corrected chi connectivity index (χ4v) is 3.76. The Kier molecular flexibility index (Phi) is 3.83. The Bertz CT molecular complexity index is 533. The Morgan fingerprint density at radius 1 is 1.48 bits per heavy atom. The Balaban J connectivity index is 2.48. The first kappa shape index (κ1) is 15.5. The van der Waals surface area contributed by atoms with Crippen LogP contribution in [0.3, 0.4) is 0 Å². The summed E-state index contributed by atoms with van der Waals surface area (Å²) < 4.78 is 11.0. The molecule has 0 amide bonds. The fourth-order valence-electron chi connectivity index (χ4n) is 3.76. The minimum absolute atomic E-state index is 0.0602. The van der Waals surface area contributed by atoms with Crippen molar-refractivity contribution < 1.29 is 19.1 Å². The van der Waals surface area contributed by atoms with Gasteiger partial charge in [0.15, 0.2) is 0 Å². The van der Waals surface area contributed by atoms with E-state index < -0.39 is 18.2 Å². The van der Waals surface area contributed by atoms with Gasteiger partial charge < -0.3 is 9.47 Å². The second-order valence-corrected chi connectivity index (χ2v) is 6.31. The van der Waals surface area contributed by atoms with E-state index in [4.69, 9.17) is 9.47 Å². The van der Waals surface area contributed by atoms with Crippen LogP contribution in [0.5, 0.6) is 0 Å². The molecule has 0 aromatic carbocycles. The van der Waals surface area contributed by atoms with Crippen LogP contribution in [-0.4, -0.2) is 24.1 Å². The quantitative estimate of drug-likeness (QED) is 0.455. The first-order valence-corrected chi connectivity index (χ1v) is 7.07. The lowest BCUT2D eigenvalue weighted by molar-refractivity contribution is -0.160. The van der Waals surface area contributed by atoms with Crippen molar-refractivity contribution in [3.05, 3.63) is 37.0 Å². The van der Waals surface area contributed by atoms with Gasteiger partial charge in [-0.3, -0.25) is 4.79 Å². The van der Waals surface area contributed by atoms with Gasteiger partial charge in [-0.25, -0.2) is 4.79 Å². The summed E-state index contributed by atoms with van der Waals surface area (Å²) in [5, 5.41) is 0. The summed E-state index contributed by atoms with van der Waals surface area (Å²) in [4.78, 5) is 23.3. The van der Waals surface area contributed by atoms with Gasteiger partial charge in [-0.05, 0) is 18.8 Å². The van der Waals surface area contributed by atoms with E-state index in [0.29, 0.717) is 12.0 Å². The third kappa shape index (κ3) is 2.43. The molecular formula is C17H22O4. The Labute approximate surface area is 125 Å². The van der Waals surface area contributed by atoms with Gasteiger partial charge in [0.05, 0.1) is 5.92 Å². The molecule has 0 N–H and O–H groups in total. The van der Waals surface area contributed by atoms with Gasteiger partial charge >= 0.3 is 11.9 Å². The maximum Gasteiger partial charge on any atom is 0.334 e. The molecule has 1 saturated carbocycles. The van der Waals surface area contributed by atoms with Crippen molar-refractivity contribution in [3.63, 3.8) is 0 Å². The zero-order valence-corrected chi connectivity index (χ0v) is 12.8. The summed E-state index contributed by atoms with van der Waals surface area (Å²) >= 11 is 0. The lowest BCUT2D eigenvalue weighted by Gasteiger charge is -2.48. The molecule has 114 valence electrons. The number of rotatable bonds is 3. The number of allylic oxidation sites excluding steroid dienone is 1. The first-order valence-electron chi connectivity index (χ1n) is 7.07. The highest BCUT2D eigenvalue weighted by Crippen LogP contribution is 2.53. The zero-order valence-electron chi connectivity index (χ0n) is 12.8. The highest BCUT2D eigenvalue weighted by molar-refractivity contribution is 5.91. The average molecular weight is 290 g/mol. The molecule has 0 bridgehead atoms. The van der Waals surface area contributed by atoms with Crippen LogP contribution in [0.1, 0.15) is 27.2 Å². The van der Waals surface area contributed by atoms with E-state index >= 15 is 0 Å². The predicted octanol–water partition coefficient (Wildman–Crippen LogP) is 2.80. The van der Waals surface area contributed by atoms with Gasteiger partial charge in [-0.2, -0.15) is 0 Å². The smallest absolute Gasteiger partial charge is 0.334 e. The van der Waals surface area contributed by atoms with Gasteiger partial charge in [0, 0.05) is 18.4 Å². The van der Waals surface area contributed by atoms with E-state index in [0.717, 1.165) is 5.57 Å². The molecule has 0 spiro atoms. The van der Waals surface area contributed by atoms with Crippen LogP contribution in [0.2, 0.25) is 0 Å². The van der Waals surface area contributed by atoms with Crippen molar-refractivity contribution in [2.45, 2.75) is 39.4 Å². The van der Waals surface area contributed by atoms with E-state index in [9.17, 15) is 9.59 Å². The number of hydrogen-bond donors (Lipinski definition) is 0. The standard InChI is InChI=1S/C17H22O4/c1-7-17(6)8-12(20-11(5)18)13-10(4)16(19)21-15(13)14(17)9(2)3/h7,12-15H,1-2,4,8H2,3,5-6H3/t12-,13+,14+,15-,17+/m0/s1. The van der Waals surface area contributed by atoms with Crippen LogP contribution in [-0.2, 0) is 19.1 Å². The Hall–Kier alpha value is -1.84. The first-order chi connectivity index (χ1) is 9.71. The maximum atomic E-state index is 11.9. The summed E-state index contributed by atoms with van der Waals surface area (Å²) in [5.74, 6) is -1.15. The highest BCUT2D eigenvalue weighted by Gasteiger charge is 2.57. The molecule has 2 fully saturated rings. The Morgan fingerprint density at radius 3 is 2.57 bits per heavy atom. The van der Waals surface area contributed by atoms with Gasteiger partial charge in [0.25, 0.3) is 0 Å². The van der Waals surface area contributed by atoms with E-state index in [1.165, 1.54) is 6.92 Å². The summed E-state index contributed by atoms with van der Waals surface area (Å²) in [6.07, 6.45) is 1.59. The van der Waals surface area contributed by atoms with Crippen molar-refractivity contribution in [2.75, 3.05) is 0 Å². The number of ether oxygens (including phenoxy) is 2. The molecule has 0 aromatic rings. The number of hydrogen-bond acceptors (Lipinski definition) is 4. The number of esters is 2. The molecule has 4 heteroatoms. The molecule has 21 heavy (non-hydrogen) atoms. The molecule has 1 aliphatic heterocycles. The van der Waals surface area contributed by atoms with Crippen molar-refractivity contribution in [3.8, 4) is 0 Å². The molecule has 1 aliphatic carbocycles.